The van der Waals surface area contributed by atoms with Crippen LogP contribution in [0.2, 0.25) is 0 Å². The van der Waals surface area contributed by atoms with Gasteiger partial charge in [0.25, 0.3) is 0 Å². The summed E-state index contributed by atoms with van der Waals surface area (Å²) in [6.07, 6.45) is 3.56. The molecule has 14 heavy (non-hydrogen) atoms. The van der Waals surface area contributed by atoms with Crippen molar-refractivity contribution in [1.29, 1.82) is 0 Å². The van der Waals surface area contributed by atoms with E-state index in [-0.39, 0.29) is 0 Å². The van der Waals surface area contributed by atoms with E-state index >= 15 is 0 Å². The maximum atomic E-state index is 5.66. The third kappa shape index (κ3) is 1.63. The number of rotatable bonds is 2. The predicted molar refractivity (Wildman–Crippen MR) is 57.3 cm³/mol. The molecule has 0 bridgehead atoms. The Morgan fingerprint density at radius 3 is 2.79 bits per heavy atom. The summed E-state index contributed by atoms with van der Waals surface area (Å²) in [6, 6.07) is 0. The van der Waals surface area contributed by atoms with Gasteiger partial charge in [0.1, 0.15) is 5.01 Å². The monoisotopic (exact) mass is 208 g/mol. The second-order valence-electron chi connectivity index (χ2n) is 3.16. The van der Waals surface area contributed by atoms with Crippen molar-refractivity contribution in [3.8, 4) is 0 Å². The zero-order chi connectivity index (χ0) is 10.1. The molecule has 74 valence electrons. The quantitative estimate of drug-likeness (QED) is 0.815. The van der Waals surface area contributed by atoms with Crippen LogP contribution in [-0.2, 0) is 6.54 Å². The second-order valence-corrected chi connectivity index (χ2v) is 4.45. The van der Waals surface area contributed by atoms with E-state index in [1.165, 1.54) is 4.88 Å². The molecule has 2 aromatic rings. The highest BCUT2D eigenvalue weighted by molar-refractivity contribution is 7.11. The van der Waals surface area contributed by atoms with Crippen LogP contribution in [0.5, 0.6) is 0 Å². The van der Waals surface area contributed by atoms with Gasteiger partial charge in [-0.3, -0.25) is 0 Å². The Bertz CT molecular complexity index is 424. The number of anilines is 1. The first-order valence-corrected chi connectivity index (χ1v) is 5.18. The minimum Gasteiger partial charge on any atom is -0.369 e. The Hall–Kier alpha value is -1.36. The molecule has 5 heteroatoms. The summed E-state index contributed by atoms with van der Waals surface area (Å²) >= 11 is 1.71. The summed E-state index contributed by atoms with van der Waals surface area (Å²) in [4.78, 5) is 9.66. The van der Waals surface area contributed by atoms with Gasteiger partial charge >= 0.3 is 0 Å². The van der Waals surface area contributed by atoms with E-state index in [1.807, 2.05) is 17.7 Å². The van der Waals surface area contributed by atoms with E-state index in [0.717, 1.165) is 10.7 Å². The molecule has 0 aliphatic carbocycles. The molecule has 0 saturated heterocycles. The number of nitrogen functional groups attached to an aromatic ring is 1. The molecule has 0 fully saturated rings. The topological polar surface area (TPSA) is 56.7 Å². The first-order chi connectivity index (χ1) is 6.66. The minimum atomic E-state index is 0.538. The van der Waals surface area contributed by atoms with Gasteiger partial charge < -0.3 is 10.3 Å². The molecular formula is C9H12N4S. The van der Waals surface area contributed by atoms with Crippen molar-refractivity contribution in [1.82, 2.24) is 14.5 Å². The standard InChI is InChI=1S/C9H12N4S/c1-6-7(2)14-8(12-6)5-13-4-3-11-9(13)10/h3-4H,5H2,1-2H3,(H2,10,11). The Morgan fingerprint density at radius 1 is 1.50 bits per heavy atom. The number of thiazole rings is 1. The van der Waals surface area contributed by atoms with Gasteiger partial charge in [-0.15, -0.1) is 11.3 Å². The fourth-order valence-electron chi connectivity index (χ4n) is 1.23. The normalized spacial score (nSPS) is 10.7. The lowest BCUT2D eigenvalue weighted by Crippen LogP contribution is -2.03. The maximum Gasteiger partial charge on any atom is 0.200 e. The summed E-state index contributed by atoms with van der Waals surface area (Å²) in [5.74, 6) is 0.538. The van der Waals surface area contributed by atoms with Gasteiger partial charge in [0.15, 0.2) is 5.95 Å². The minimum absolute atomic E-state index is 0.538. The zero-order valence-electron chi connectivity index (χ0n) is 8.19. The van der Waals surface area contributed by atoms with Gasteiger partial charge in [-0.2, -0.15) is 0 Å². The Labute approximate surface area is 86.4 Å². The van der Waals surface area contributed by atoms with Crippen LogP contribution in [0.25, 0.3) is 0 Å². The van der Waals surface area contributed by atoms with E-state index in [2.05, 4.69) is 16.9 Å². The average Bonchev–Trinajstić information content (AvgIpc) is 2.63. The van der Waals surface area contributed by atoms with Crippen LogP contribution in [0, 0.1) is 13.8 Å². The number of imidazole rings is 1. The third-order valence-electron chi connectivity index (χ3n) is 2.13. The second kappa shape index (κ2) is 3.42. The highest BCUT2D eigenvalue weighted by Crippen LogP contribution is 2.18. The van der Waals surface area contributed by atoms with Crippen molar-refractivity contribution in [2.75, 3.05) is 5.73 Å². The van der Waals surface area contributed by atoms with Crippen LogP contribution in [0.15, 0.2) is 12.4 Å². The van der Waals surface area contributed by atoms with Crippen molar-refractivity contribution >= 4 is 17.3 Å². The molecule has 0 aliphatic heterocycles. The summed E-state index contributed by atoms with van der Waals surface area (Å²) in [6.45, 7) is 4.81. The summed E-state index contributed by atoms with van der Waals surface area (Å²) in [5.41, 5.74) is 6.76. The zero-order valence-corrected chi connectivity index (χ0v) is 9.01. The number of nitrogens with two attached hydrogens (primary N) is 1. The molecule has 0 unspecified atom stereocenters. The van der Waals surface area contributed by atoms with Crippen LogP contribution in [0.3, 0.4) is 0 Å². The van der Waals surface area contributed by atoms with E-state index in [4.69, 9.17) is 5.73 Å². The van der Waals surface area contributed by atoms with Crippen molar-refractivity contribution < 1.29 is 0 Å². The van der Waals surface area contributed by atoms with Crippen LogP contribution in [-0.4, -0.2) is 14.5 Å². The van der Waals surface area contributed by atoms with Gasteiger partial charge in [0.2, 0.25) is 0 Å². The smallest absolute Gasteiger partial charge is 0.200 e. The molecule has 0 saturated carbocycles. The average molecular weight is 208 g/mol. The number of aryl methyl sites for hydroxylation is 2. The summed E-state index contributed by atoms with van der Waals surface area (Å²) < 4.78 is 1.89. The Balaban J connectivity index is 2.23. The summed E-state index contributed by atoms with van der Waals surface area (Å²) in [7, 11) is 0. The van der Waals surface area contributed by atoms with Crippen LogP contribution in [0.1, 0.15) is 15.6 Å². The molecule has 0 aliphatic rings. The van der Waals surface area contributed by atoms with E-state index in [0.29, 0.717) is 12.5 Å². The van der Waals surface area contributed by atoms with Gasteiger partial charge in [0, 0.05) is 17.3 Å². The number of aromatic nitrogens is 3. The molecule has 0 atom stereocenters. The lowest BCUT2D eigenvalue weighted by Gasteiger charge is -1.99. The lowest BCUT2D eigenvalue weighted by molar-refractivity contribution is 0.800. The van der Waals surface area contributed by atoms with Gasteiger partial charge in [-0.25, -0.2) is 9.97 Å². The number of hydrogen-bond donors (Lipinski definition) is 1. The largest absolute Gasteiger partial charge is 0.369 e. The molecule has 4 nitrogen and oxygen atoms in total. The van der Waals surface area contributed by atoms with Crippen LogP contribution in [0.4, 0.5) is 5.95 Å². The van der Waals surface area contributed by atoms with Crippen molar-refractivity contribution in [3.63, 3.8) is 0 Å². The molecule has 0 amide bonds. The molecule has 2 N–H and O–H groups in total. The highest BCUT2D eigenvalue weighted by Gasteiger charge is 2.05. The Morgan fingerprint density at radius 2 is 2.29 bits per heavy atom. The summed E-state index contributed by atoms with van der Waals surface area (Å²) in [5, 5.41) is 1.07. The van der Waals surface area contributed by atoms with E-state index in [9.17, 15) is 0 Å². The molecule has 0 aromatic carbocycles. The molecule has 2 aromatic heterocycles. The molecular weight excluding hydrogens is 196 g/mol. The molecule has 0 spiro atoms. The first kappa shape index (κ1) is 9.21. The molecule has 0 radical (unpaired) electrons. The first-order valence-electron chi connectivity index (χ1n) is 4.36. The predicted octanol–water partition coefficient (Wildman–Crippen LogP) is 1.59. The molecule has 2 rings (SSSR count). The van der Waals surface area contributed by atoms with Crippen molar-refractivity contribution in [2.45, 2.75) is 20.4 Å². The fourth-order valence-corrected chi connectivity index (χ4v) is 2.16. The van der Waals surface area contributed by atoms with Gasteiger partial charge in [0.05, 0.1) is 12.2 Å². The van der Waals surface area contributed by atoms with E-state index in [1.54, 1.807) is 17.5 Å². The van der Waals surface area contributed by atoms with Gasteiger partial charge in [-0.05, 0) is 13.8 Å². The Kier molecular flexibility index (Phi) is 2.25. The van der Waals surface area contributed by atoms with E-state index < -0.39 is 0 Å². The third-order valence-corrected chi connectivity index (χ3v) is 3.18. The van der Waals surface area contributed by atoms with Gasteiger partial charge in [-0.1, -0.05) is 0 Å². The lowest BCUT2D eigenvalue weighted by atomic mass is 10.4. The number of nitrogens with zero attached hydrogens (tertiary/aromatic N) is 3. The highest BCUT2D eigenvalue weighted by atomic mass is 32.1. The van der Waals surface area contributed by atoms with Crippen LogP contribution < -0.4 is 5.73 Å². The SMILES string of the molecule is Cc1nc(Cn2ccnc2N)sc1C. The van der Waals surface area contributed by atoms with Crippen molar-refractivity contribution in [3.05, 3.63) is 28.0 Å². The maximum absolute atomic E-state index is 5.66. The van der Waals surface area contributed by atoms with Crippen LogP contribution >= 0.6 is 11.3 Å². The fraction of sp³-hybridized carbons (Fsp3) is 0.333. The molecule has 2 heterocycles. The number of hydrogen-bond acceptors (Lipinski definition) is 4. The van der Waals surface area contributed by atoms with Crippen molar-refractivity contribution in [2.24, 2.45) is 0 Å².